The van der Waals surface area contributed by atoms with Crippen LogP contribution in [0, 0.1) is 5.82 Å². The van der Waals surface area contributed by atoms with Crippen LogP contribution in [0.3, 0.4) is 0 Å². The number of rotatable bonds is 3. The maximum atomic E-state index is 13.6. The lowest BCUT2D eigenvalue weighted by Crippen LogP contribution is -2.43. The van der Waals surface area contributed by atoms with E-state index in [1.807, 2.05) is 0 Å². The molecule has 2 rings (SSSR count). The van der Waals surface area contributed by atoms with Gasteiger partial charge in [-0.15, -0.1) is 0 Å². The third kappa shape index (κ3) is 3.43. The molecule has 0 unspecified atom stereocenters. The van der Waals surface area contributed by atoms with Gasteiger partial charge in [0.25, 0.3) is 0 Å². The van der Waals surface area contributed by atoms with Crippen LogP contribution in [0.15, 0.2) is 18.2 Å². The first-order valence-electron chi connectivity index (χ1n) is 6.28. The molecule has 0 aliphatic heterocycles. The normalized spacial score (nSPS) is 19.2. The van der Waals surface area contributed by atoms with Gasteiger partial charge in [0.2, 0.25) is 0 Å². The molecule has 0 atom stereocenters. The van der Waals surface area contributed by atoms with Crippen molar-refractivity contribution in [1.29, 1.82) is 0 Å². The fraction of sp³-hybridized carbons (Fsp3) is 0.571. The summed E-state index contributed by atoms with van der Waals surface area (Å²) in [7, 11) is 0. The van der Waals surface area contributed by atoms with Crippen LogP contribution in [0.25, 0.3) is 0 Å². The zero-order valence-corrected chi connectivity index (χ0v) is 11.0. The van der Waals surface area contributed by atoms with Crippen molar-refractivity contribution in [1.82, 2.24) is 5.32 Å². The van der Waals surface area contributed by atoms with Gasteiger partial charge in [0.1, 0.15) is 5.82 Å². The quantitative estimate of drug-likeness (QED) is 0.850. The Balaban J connectivity index is 1.97. The van der Waals surface area contributed by atoms with Crippen molar-refractivity contribution in [2.45, 2.75) is 51.1 Å². The predicted molar refractivity (Wildman–Crippen MR) is 69.7 cm³/mol. The zero-order chi connectivity index (χ0) is 12.3. The minimum atomic E-state index is -0.218. The van der Waals surface area contributed by atoms with E-state index in [4.69, 9.17) is 11.6 Å². The van der Waals surface area contributed by atoms with Crippen LogP contribution in [0.4, 0.5) is 4.39 Å². The largest absolute Gasteiger partial charge is 0.307 e. The van der Waals surface area contributed by atoms with E-state index in [0.29, 0.717) is 17.1 Å². The molecular formula is C14H19ClFN. The Morgan fingerprint density at radius 3 is 2.65 bits per heavy atom. The first kappa shape index (κ1) is 12.8. The van der Waals surface area contributed by atoms with Gasteiger partial charge in [0, 0.05) is 22.7 Å². The summed E-state index contributed by atoms with van der Waals surface area (Å²) in [6.07, 6.45) is 6.23. The molecule has 1 fully saturated rings. The first-order valence-corrected chi connectivity index (χ1v) is 6.66. The minimum Gasteiger partial charge on any atom is -0.307 e. The van der Waals surface area contributed by atoms with Gasteiger partial charge in [-0.3, -0.25) is 0 Å². The maximum Gasteiger partial charge on any atom is 0.129 e. The van der Waals surface area contributed by atoms with Crippen molar-refractivity contribution >= 4 is 11.6 Å². The SMILES string of the molecule is CC1(NCc2ccc(Cl)cc2F)CCCCC1. The Kier molecular flexibility index (Phi) is 4.05. The summed E-state index contributed by atoms with van der Waals surface area (Å²) in [6, 6.07) is 4.88. The molecule has 0 aromatic heterocycles. The molecule has 1 aromatic rings. The van der Waals surface area contributed by atoms with Gasteiger partial charge >= 0.3 is 0 Å². The van der Waals surface area contributed by atoms with E-state index in [1.54, 1.807) is 12.1 Å². The number of nitrogens with one attached hydrogen (secondary N) is 1. The highest BCUT2D eigenvalue weighted by Gasteiger charge is 2.25. The Labute approximate surface area is 107 Å². The summed E-state index contributed by atoms with van der Waals surface area (Å²) < 4.78 is 13.6. The van der Waals surface area contributed by atoms with E-state index in [0.717, 1.165) is 0 Å². The van der Waals surface area contributed by atoms with Gasteiger partial charge in [-0.1, -0.05) is 36.9 Å². The molecule has 0 spiro atoms. The van der Waals surface area contributed by atoms with Crippen molar-refractivity contribution in [2.75, 3.05) is 0 Å². The number of benzene rings is 1. The highest BCUT2D eigenvalue weighted by Crippen LogP contribution is 2.28. The molecule has 3 heteroatoms. The van der Waals surface area contributed by atoms with Crippen molar-refractivity contribution in [3.8, 4) is 0 Å². The summed E-state index contributed by atoms with van der Waals surface area (Å²) in [5.41, 5.74) is 0.867. The second-order valence-electron chi connectivity index (χ2n) is 5.21. The molecule has 0 amide bonds. The molecule has 1 aliphatic carbocycles. The highest BCUT2D eigenvalue weighted by molar-refractivity contribution is 6.30. The fourth-order valence-corrected chi connectivity index (χ4v) is 2.64. The van der Waals surface area contributed by atoms with Gasteiger partial charge in [-0.05, 0) is 31.9 Å². The van der Waals surface area contributed by atoms with Gasteiger partial charge in [-0.2, -0.15) is 0 Å². The molecule has 0 radical (unpaired) electrons. The average molecular weight is 256 g/mol. The molecule has 1 N–H and O–H groups in total. The van der Waals surface area contributed by atoms with Crippen molar-refractivity contribution in [3.63, 3.8) is 0 Å². The van der Waals surface area contributed by atoms with E-state index in [1.165, 1.54) is 38.2 Å². The van der Waals surface area contributed by atoms with Crippen LogP contribution < -0.4 is 5.32 Å². The third-order valence-electron chi connectivity index (χ3n) is 3.68. The van der Waals surface area contributed by atoms with Gasteiger partial charge < -0.3 is 5.32 Å². The molecule has 1 aromatic carbocycles. The van der Waals surface area contributed by atoms with Gasteiger partial charge in [0.05, 0.1) is 0 Å². The van der Waals surface area contributed by atoms with Crippen molar-refractivity contribution in [3.05, 3.63) is 34.6 Å². The molecule has 0 heterocycles. The van der Waals surface area contributed by atoms with Crippen LogP contribution in [0.5, 0.6) is 0 Å². The standard InChI is InChI=1S/C14H19ClFN/c1-14(7-3-2-4-8-14)17-10-11-5-6-12(15)9-13(11)16/h5-6,9,17H,2-4,7-8,10H2,1H3. The monoisotopic (exact) mass is 255 g/mol. The van der Waals surface area contributed by atoms with E-state index in [-0.39, 0.29) is 11.4 Å². The summed E-state index contributed by atoms with van der Waals surface area (Å²) in [5.74, 6) is -0.218. The van der Waals surface area contributed by atoms with Crippen LogP contribution in [0.2, 0.25) is 5.02 Å². The Bertz CT molecular complexity index is 386. The summed E-state index contributed by atoms with van der Waals surface area (Å²) in [4.78, 5) is 0. The van der Waals surface area contributed by atoms with E-state index >= 15 is 0 Å². The minimum absolute atomic E-state index is 0.171. The van der Waals surface area contributed by atoms with E-state index < -0.39 is 0 Å². The Hall–Kier alpha value is -0.600. The second-order valence-corrected chi connectivity index (χ2v) is 5.65. The highest BCUT2D eigenvalue weighted by atomic mass is 35.5. The molecule has 1 aliphatic rings. The maximum absolute atomic E-state index is 13.6. The van der Waals surface area contributed by atoms with Crippen LogP contribution >= 0.6 is 11.6 Å². The summed E-state index contributed by atoms with van der Waals surface area (Å²) in [6.45, 7) is 2.82. The van der Waals surface area contributed by atoms with Gasteiger partial charge in [0.15, 0.2) is 0 Å². The molecule has 94 valence electrons. The lowest BCUT2D eigenvalue weighted by molar-refractivity contribution is 0.251. The second kappa shape index (κ2) is 5.36. The Morgan fingerprint density at radius 2 is 2.00 bits per heavy atom. The molecule has 1 nitrogen and oxygen atoms in total. The van der Waals surface area contributed by atoms with Crippen LogP contribution in [-0.4, -0.2) is 5.54 Å². The third-order valence-corrected chi connectivity index (χ3v) is 3.91. The first-order chi connectivity index (χ1) is 8.09. The lowest BCUT2D eigenvalue weighted by Gasteiger charge is -2.34. The summed E-state index contributed by atoms with van der Waals surface area (Å²) in [5, 5.41) is 3.95. The van der Waals surface area contributed by atoms with Gasteiger partial charge in [-0.25, -0.2) is 4.39 Å². The predicted octanol–water partition coefficient (Wildman–Crippen LogP) is 4.29. The fourth-order valence-electron chi connectivity index (χ4n) is 2.48. The molecule has 0 bridgehead atoms. The van der Waals surface area contributed by atoms with E-state index in [2.05, 4.69) is 12.2 Å². The topological polar surface area (TPSA) is 12.0 Å². The lowest BCUT2D eigenvalue weighted by atomic mass is 9.83. The van der Waals surface area contributed by atoms with Crippen LogP contribution in [-0.2, 0) is 6.54 Å². The zero-order valence-electron chi connectivity index (χ0n) is 10.2. The number of hydrogen-bond donors (Lipinski definition) is 1. The number of halogens is 2. The van der Waals surface area contributed by atoms with Crippen molar-refractivity contribution in [2.24, 2.45) is 0 Å². The molecule has 17 heavy (non-hydrogen) atoms. The molecular weight excluding hydrogens is 237 g/mol. The molecule has 1 saturated carbocycles. The molecule has 0 saturated heterocycles. The van der Waals surface area contributed by atoms with Crippen LogP contribution in [0.1, 0.15) is 44.6 Å². The van der Waals surface area contributed by atoms with Crippen molar-refractivity contribution < 1.29 is 4.39 Å². The average Bonchev–Trinajstić information content (AvgIpc) is 2.29. The number of hydrogen-bond acceptors (Lipinski definition) is 1. The van der Waals surface area contributed by atoms with E-state index in [9.17, 15) is 4.39 Å². The smallest absolute Gasteiger partial charge is 0.129 e. The summed E-state index contributed by atoms with van der Waals surface area (Å²) >= 11 is 5.73. The Morgan fingerprint density at radius 1 is 1.29 bits per heavy atom.